The van der Waals surface area contributed by atoms with Crippen LogP contribution in [0.5, 0.6) is 5.75 Å². The summed E-state index contributed by atoms with van der Waals surface area (Å²) in [7, 11) is 0. The number of ether oxygens (including phenoxy) is 2. The number of esters is 1. The van der Waals surface area contributed by atoms with Gasteiger partial charge in [-0.2, -0.15) is 0 Å². The number of hydrogen-bond donors (Lipinski definition) is 1. The lowest BCUT2D eigenvalue weighted by molar-refractivity contribution is -0.129. The number of benzene rings is 3. The predicted octanol–water partition coefficient (Wildman–Crippen LogP) is 6.98. The van der Waals surface area contributed by atoms with E-state index in [0.717, 1.165) is 24.2 Å². The van der Waals surface area contributed by atoms with E-state index in [0.29, 0.717) is 35.3 Å². The molecule has 3 aromatic carbocycles. The SMILES string of the molecule is CCCCCCOc1ccc(NC(=O)C2CC(=O)N(Cc3ccccc3)C(=Nc3ccc(C(=O)OCC)cc3)S2)cc1. The summed E-state index contributed by atoms with van der Waals surface area (Å²) < 4.78 is 10.9. The highest BCUT2D eigenvalue weighted by atomic mass is 32.2. The zero-order valence-electron chi connectivity index (χ0n) is 24.1. The number of unbranched alkanes of at least 4 members (excludes halogenated alkanes) is 3. The molecule has 8 nitrogen and oxygen atoms in total. The third-order valence-electron chi connectivity index (χ3n) is 6.61. The number of nitrogens with one attached hydrogen (secondary N) is 1. The highest BCUT2D eigenvalue weighted by Gasteiger charge is 2.36. The second-order valence-corrected chi connectivity index (χ2v) is 11.0. The van der Waals surface area contributed by atoms with Crippen LogP contribution in [0.3, 0.4) is 0 Å². The molecule has 1 N–H and O–H groups in total. The first kappa shape index (κ1) is 30.8. The summed E-state index contributed by atoms with van der Waals surface area (Å²) in [6.07, 6.45) is 4.59. The van der Waals surface area contributed by atoms with Gasteiger partial charge in [-0.3, -0.25) is 14.5 Å². The minimum atomic E-state index is -0.656. The topological polar surface area (TPSA) is 97.3 Å². The lowest BCUT2D eigenvalue weighted by Crippen LogP contribution is -2.44. The molecule has 0 saturated carbocycles. The number of carbonyl (C=O) groups is 3. The summed E-state index contributed by atoms with van der Waals surface area (Å²) in [5.41, 5.74) is 2.56. The van der Waals surface area contributed by atoms with Crippen molar-refractivity contribution in [2.24, 2.45) is 4.99 Å². The Kier molecular flexibility index (Phi) is 11.6. The molecule has 4 rings (SSSR count). The van der Waals surface area contributed by atoms with Crippen molar-refractivity contribution < 1.29 is 23.9 Å². The van der Waals surface area contributed by atoms with Crippen molar-refractivity contribution in [3.63, 3.8) is 0 Å². The minimum Gasteiger partial charge on any atom is -0.494 e. The van der Waals surface area contributed by atoms with Crippen LogP contribution in [0.2, 0.25) is 0 Å². The highest BCUT2D eigenvalue weighted by Crippen LogP contribution is 2.31. The smallest absolute Gasteiger partial charge is 0.338 e. The molecule has 220 valence electrons. The molecule has 1 aliphatic heterocycles. The predicted molar refractivity (Wildman–Crippen MR) is 167 cm³/mol. The summed E-state index contributed by atoms with van der Waals surface area (Å²) in [5, 5.41) is 2.70. The van der Waals surface area contributed by atoms with Crippen molar-refractivity contribution in [3.05, 3.63) is 90.0 Å². The minimum absolute atomic E-state index is 0.0447. The Labute approximate surface area is 251 Å². The molecule has 1 unspecified atom stereocenters. The first-order valence-electron chi connectivity index (χ1n) is 14.4. The summed E-state index contributed by atoms with van der Waals surface area (Å²) >= 11 is 1.25. The van der Waals surface area contributed by atoms with Crippen LogP contribution < -0.4 is 10.1 Å². The van der Waals surface area contributed by atoms with Gasteiger partial charge in [0.15, 0.2) is 5.17 Å². The van der Waals surface area contributed by atoms with E-state index in [2.05, 4.69) is 12.2 Å². The van der Waals surface area contributed by atoms with Crippen molar-refractivity contribution in [2.75, 3.05) is 18.5 Å². The number of amides is 2. The first-order chi connectivity index (χ1) is 20.5. The van der Waals surface area contributed by atoms with E-state index in [1.165, 1.54) is 24.6 Å². The Morgan fingerprint density at radius 3 is 2.38 bits per heavy atom. The Hall–Kier alpha value is -4.11. The molecule has 42 heavy (non-hydrogen) atoms. The molecule has 0 aromatic heterocycles. The van der Waals surface area contributed by atoms with Gasteiger partial charge in [0.25, 0.3) is 0 Å². The summed E-state index contributed by atoms with van der Waals surface area (Å²) in [6, 6.07) is 23.6. The molecule has 1 aliphatic rings. The van der Waals surface area contributed by atoms with Gasteiger partial charge in [0, 0.05) is 12.1 Å². The monoisotopic (exact) mass is 587 g/mol. The van der Waals surface area contributed by atoms with Gasteiger partial charge in [0.2, 0.25) is 11.8 Å². The van der Waals surface area contributed by atoms with E-state index in [4.69, 9.17) is 14.5 Å². The number of amidine groups is 1. The molecule has 1 fully saturated rings. The van der Waals surface area contributed by atoms with E-state index < -0.39 is 11.2 Å². The van der Waals surface area contributed by atoms with Crippen molar-refractivity contribution in [2.45, 2.75) is 57.7 Å². The second-order valence-electron chi connectivity index (χ2n) is 9.86. The maximum atomic E-state index is 13.4. The van der Waals surface area contributed by atoms with Crippen molar-refractivity contribution in [3.8, 4) is 5.75 Å². The number of hydrogen-bond acceptors (Lipinski definition) is 7. The normalized spacial score (nSPS) is 15.9. The Balaban J connectivity index is 1.46. The maximum Gasteiger partial charge on any atom is 0.338 e. The number of aliphatic imine (C=N–C) groups is 1. The molecule has 3 aromatic rings. The van der Waals surface area contributed by atoms with Gasteiger partial charge >= 0.3 is 5.97 Å². The quantitative estimate of drug-likeness (QED) is 0.171. The lowest BCUT2D eigenvalue weighted by atomic mass is 10.2. The van der Waals surface area contributed by atoms with Crippen LogP contribution in [-0.2, 0) is 20.9 Å². The fourth-order valence-corrected chi connectivity index (χ4v) is 5.43. The number of nitrogens with zero attached hydrogens (tertiary/aromatic N) is 2. The third kappa shape index (κ3) is 8.94. The number of thioether (sulfide) groups is 1. The average Bonchev–Trinajstić information content (AvgIpc) is 3.00. The van der Waals surface area contributed by atoms with Crippen molar-refractivity contribution in [1.29, 1.82) is 0 Å². The van der Waals surface area contributed by atoms with E-state index in [9.17, 15) is 14.4 Å². The van der Waals surface area contributed by atoms with Gasteiger partial charge in [-0.25, -0.2) is 9.79 Å². The third-order valence-corrected chi connectivity index (χ3v) is 7.79. The van der Waals surface area contributed by atoms with Crippen LogP contribution >= 0.6 is 11.8 Å². The van der Waals surface area contributed by atoms with Gasteiger partial charge in [-0.1, -0.05) is 68.3 Å². The number of anilines is 1. The summed E-state index contributed by atoms with van der Waals surface area (Å²) in [4.78, 5) is 45.0. The van der Waals surface area contributed by atoms with Crippen LogP contribution in [0, 0.1) is 0 Å². The van der Waals surface area contributed by atoms with Gasteiger partial charge in [0.1, 0.15) is 11.0 Å². The molecule has 1 atom stereocenters. The summed E-state index contributed by atoms with van der Waals surface area (Å²) in [5.74, 6) is -0.114. The van der Waals surface area contributed by atoms with E-state index in [1.807, 2.05) is 42.5 Å². The molecule has 1 heterocycles. The molecule has 0 spiro atoms. The van der Waals surface area contributed by atoms with Crippen LogP contribution in [0.15, 0.2) is 83.9 Å². The van der Waals surface area contributed by atoms with Crippen LogP contribution in [0.25, 0.3) is 0 Å². The molecular formula is C33H37N3O5S. The zero-order valence-corrected chi connectivity index (χ0v) is 24.9. The van der Waals surface area contributed by atoms with E-state index in [1.54, 1.807) is 48.2 Å². The molecule has 0 radical (unpaired) electrons. The molecule has 2 amide bonds. The van der Waals surface area contributed by atoms with Crippen molar-refractivity contribution >= 4 is 46.1 Å². The van der Waals surface area contributed by atoms with Gasteiger partial charge in [-0.05, 0) is 67.4 Å². The molecule has 0 bridgehead atoms. The van der Waals surface area contributed by atoms with Gasteiger partial charge in [-0.15, -0.1) is 0 Å². The van der Waals surface area contributed by atoms with Crippen LogP contribution in [0.1, 0.15) is 61.9 Å². The Bertz CT molecular complexity index is 1360. The fraction of sp³-hybridized carbons (Fsp3) is 0.333. The van der Waals surface area contributed by atoms with E-state index >= 15 is 0 Å². The maximum absolute atomic E-state index is 13.4. The molecule has 1 saturated heterocycles. The number of rotatable bonds is 13. The first-order valence-corrected chi connectivity index (χ1v) is 15.2. The molecule has 9 heteroatoms. The largest absolute Gasteiger partial charge is 0.494 e. The summed E-state index contributed by atoms with van der Waals surface area (Å²) in [6.45, 7) is 5.22. The van der Waals surface area contributed by atoms with Gasteiger partial charge in [0.05, 0.1) is 31.0 Å². The average molecular weight is 588 g/mol. The van der Waals surface area contributed by atoms with Crippen molar-refractivity contribution in [1.82, 2.24) is 4.90 Å². The Morgan fingerprint density at radius 2 is 1.69 bits per heavy atom. The van der Waals surface area contributed by atoms with Gasteiger partial charge < -0.3 is 14.8 Å². The number of carbonyl (C=O) groups excluding carboxylic acids is 3. The zero-order chi connectivity index (χ0) is 29.7. The van der Waals surface area contributed by atoms with Crippen LogP contribution in [-0.4, -0.2) is 46.3 Å². The standard InChI is InChI=1S/C33H37N3O5S/c1-3-5-6-10-21-41-28-19-17-26(18-20-28)34-31(38)29-22-30(37)36(23-24-11-8-7-9-12-24)33(42-29)35-27-15-13-25(14-16-27)32(39)40-4-2/h7-9,11-20,29H,3-6,10,21-23H2,1-2H3,(H,34,38). The molecular weight excluding hydrogens is 550 g/mol. The second kappa shape index (κ2) is 15.8. The highest BCUT2D eigenvalue weighted by molar-refractivity contribution is 8.15. The molecule has 0 aliphatic carbocycles. The Morgan fingerprint density at radius 1 is 0.952 bits per heavy atom. The van der Waals surface area contributed by atoms with Crippen LogP contribution in [0.4, 0.5) is 11.4 Å². The van der Waals surface area contributed by atoms with E-state index in [-0.39, 0.29) is 24.8 Å². The fourth-order valence-electron chi connectivity index (χ4n) is 4.34. The lowest BCUT2D eigenvalue weighted by Gasteiger charge is -2.32.